The number of hydrogen-bond donors (Lipinski definition) is 0. The first-order valence-electron chi connectivity index (χ1n) is 9.30. The van der Waals surface area contributed by atoms with E-state index in [1.807, 2.05) is 19.1 Å². The zero-order chi connectivity index (χ0) is 21.3. The molecule has 0 saturated heterocycles. The number of ether oxygens (including phenoxy) is 1. The largest absolute Gasteiger partial charge is 0.440 e. The Morgan fingerprint density at radius 3 is 1.90 bits per heavy atom. The van der Waals surface area contributed by atoms with E-state index in [1.54, 1.807) is 54.6 Å². The Bertz CT molecular complexity index is 1150. The summed E-state index contributed by atoms with van der Waals surface area (Å²) in [5.41, 5.74) is 2.26. The molecular formula is C24H17NO5. The van der Waals surface area contributed by atoms with Crippen molar-refractivity contribution in [3.8, 4) is 0 Å². The molecule has 0 radical (unpaired) electrons. The standard InChI is InChI=1S/C24H17NO5/c1-15-10-12-16(13-11-15)21(26)17-6-2-5-9-20(17)24(29)30-14-25-22(27)18-7-3-4-8-19(18)23(25)28/h2-13H,14H2,1H3. The summed E-state index contributed by atoms with van der Waals surface area (Å²) in [6.07, 6.45) is 0. The number of imide groups is 1. The fraction of sp³-hybridized carbons (Fsp3) is 0.0833. The van der Waals surface area contributed by atoms with E-state index in [9.17, 15) is 19.2 Å². The number of benzene rings is 3. The average molecular weight is 399 g/mol. The molecule has 30 heavy (non-hydrogen) atoms. The molecule has 148 valence electrons. The molecule has 0 atom stereocenters. The Morgan fingerprint density at radius 2 is 1.30 bits per heavy atom. The van der Waals surface area contributed by atoms with Gasteiger partial charge in [-0.15, -0.1) is 0 Å². The van der Waals surface area contributed by atoms with Crippen LogP contribution in [0.1, 0.15) is 52.6 Å². The van der Waals surface area contributed by atoms with E-state index in [-0.39, 0.29) is 28.0 Å². The number of hydrogen-bond acceptors (Lipinski definition) is 5. The van der Waals surface area contributed by atoms with E-state index in [4.69, 9.17) is 4.74 Å². The third-order valence-corrected chi connectivity index (χ3v) is 4.91. The number of rotatable bonds is 5. The number of aryl methyl sites for hydroxylation is 1. The normalized spacial score (nSPS) is 12.6. The number of amides is 2. The molecule has 0 unspecified atom stereocenters. The topological polar surface area (TPSA) is 80.8 Å². The van der Waals surface area contributed by atoms with E-state index in [2.05, 4.69) is 0 Å². The van der Waals surface area contributed by atoms with Crippen molar-refractivity contribution in [2.75, 3.05) is 6.73 Å². The van der Waals surface area contributed by atoms with Crippen LogP contribution in [0.25, 0.3) is 0 Å². The van der Waals surface area contributed by atoms with Crippen molar-refractivity contribution < 1.29 is 23.9 Å². The van der Waals surface area contributed by atoms with Crippen molar-refractivity contribution in [3.63, 3.8) is 0 Å². The molecule has 3 aromatic carbocycles. The van der Waals surface area contributed by atoms with Gasteiger partial charge in [-0.25, -0.2) is 9.69 Å². The summed E-state index contributed by atoms with van der Waals surface area (Å²) in [6.45, 7) is 1.39. The molecule has 3 aromatic rings. The van der Waals surface area contributed by atoms with Gasteiger partial charge < -0.3 is 4.74 Å². The van der Waals surface area contributed by atoms with Gasteiger partial charge in [0.1, 0.15) is 0 Å². The van der Waals surface area contributed by atoms with Gasteiger partial charge in [-0.05, 0) is 25.1 Å². The third-order valence-electron chi connectivity index (χ3n) is 4.91. The first-order chi connectivity index (χ1) is 14.5. The molecule has 4 rings (SSSR count). The Kier molecular flexibility index (Phi) is 4.98. The first-order valence-corrected chi connectivity index (χ1v) is 9.30. The van der Waals surface area contributed by atoms with Crippen molar-refractivity contribution in [2.45, 2.75) is 6.92 Å². The average Bonchev–Trinajstić information content (AvgIpc) is 3.02. The zero-order valence-corrected chi connectivity index (χ0v) is 16.1. The van der Waals surface area contributed by atoms with Gasteiger partial charge in [0.15, 0.2) is 12.5 Å². The molecule has 0 fully saturated rings. The van der Waals surface area contributed by atoms with Crippen LogP contribution in [0.5, 0.6) is 0 Å². The monoisotopic (exact) mass is 399 g/mol. The van der Waals surface area contributed by atoms with Crippen LogP contribution in [0, 0.1) is 6.92 Å². The summed E-state index contributed by atoms with van der Waals surface area (Å²) in [7, 11) is 0. The minimum atomic E-state index is -0.789. The first kappa shape index (κ1) is 19.3. The Labute approximate surface area is 172 Å². The quantitative estimate of drug-likeness (QED) is 0.372. The van der Waals surface area contributed by atoms with E-state index < -0.39 is 24.5 Å². The number of ketones is 1. The maximum atomic E-state index is 12.9. The third kappa shape index (κ3) is 3.39. The van der Waals surface area contributed by atoms with Crippen LogP contribution in [0.15, 0.2) is 72.8 Å². The lowest BCUT2D eigenvalue weighted by Gasteiger charge is -2.15. The van der Waals surface area contributed by atoms with Crippen molar-refractivity contribution in [2.24, 2.45) is 0 Å². The molecule has 0 aliphatic carbocycles. The van der Waals surface area contributed by atoms with Crippen LogP contribution in [-0.2, 0) is 4.74 Å². The van der Waals surface area contributed by atoms with Crippen LogP contribution in [0.4, 0.5) is 0 Å². The van der Waals surface area contributed by atoms with E-state index >= 15 is 0 Å². The van der Waals surface area contributed by atoms with Gasteiger partial charge in [-0.2, -0.15) is 0 Å². The van der Waals surface area contributed by atoms with Crippen molar-refractivity contribution in [3.05, 3.63) is 106 Å². The predicted octanol–water partition coefficient (Wildman–Crippen LogP) is 3.64. The number of carbonyl (C=O) groups excluding carboxylic acids is 4. The minimum absolute atomic E-state index is 0.0692. The predicted molar refractivity (Wildman–Crippen MR) is 108 cm³/mol. The van der Waals surface area contributed by atoms with Gasteiger partial charge >= 0.3 is 5.97 Å². The molecule has 6 nitrogen and oxygen atoms in total. The smallest absolute Gasteiger partial charge is 0.340 e. The van der Waals surface area contributed by atoms with Gasteiger partial charge in [0.05, 0.1) is 16.7 Å². The highest BCUT2D eigenvalue weighted by Gasteiger charge is 2.36. The molecular weight excluding hydrogens is 382 g/mol. The van der Waals surface area contributed by atoms with Crippen LogP contribution in [0.3, 0.4) is 0 Å². The SMILES string of the molecule is Cc1ccc(C(=O)c2ccccc2C(=O)OCN2C(=O)c3ccccc3C2=O)cc1. The number of carbonyl (C=O) groups is 4. The zero-order valence-electron chi connectivity index (χ0n) is 16.1. The molecule has 0 bridgehead atoms. The summed E-state index contributed by atoms with van der Waals surface area (Å²) in [4.78, 5) is 51.2. The molecule has 6 heteroatoms. The van der Waals surface area contributed by atoms with Crippen molar-refractivity contribution >= 4 is 23.6 Å². The fourth-order valence-corrected chi connectivity index (χ4v) is 3.28. The molecule has 1 heterocycles. The number of nitrogens with zero attached hydrogens (tertiary/aromatic N) is 1. The van der Waals surface area contributed by atoms with E-state index in [0.717, 1.165) is 10.5 Å². The highest BCUT2D eigenvalue weighted by atomic mass is 16.5. The number of esters is 1. The minimum Gasteiger partial charge on any atom is -0.440 e. The van der Waals surface area contributed by atoms with Gasteiger partial charge in [-0.3, -0.25) is 14.4 Å². The number of fused-ring (bicyclic) bond motifs is 1. The summed E-state index contributed by atoms with van der Waals surface area (Å²) in [5, 5.41) is 0. The Hall–Kier alpha value is -4.06. The Morgan fingerprint density at radius 1 is 0.767 bits per heavy atom. The maximum absolute atomic E-state index is 12.9. The van der Waals surface area contributed by atoms with Gasteiger partial charge in [-0.1, -0.05) is 60.2 Å². The maximum Gasteiger partial charge on any atom is 0.340 e. The highest BCUT2D eigenvalue weighted by Crippen LogP contribution is 2.23. The highest BCUT2D eigenvalue weighted by molar-refractivity contribution is 6.21. The summed E-state index contributed by atoms with van der Waals surface area (Å²) in [5.74, 6) is -2.15. The molecule has 2 amide bonds. The molecule has 0 aromatic heterocycles. The van der Waals surface area contributed by atoms with Gasteiger partial charge in [0.25, 0.3) is 11.8 Å². The molecule has 0 saturated carbocycles. The second kappa shape index (κ2) is 7.75. The molecule has 0 spiro atoms. The summed E-state index contributed by atoms with van der Waals surface area (Å²) >= 11 is 0. The van der Waals surface area contributed by atoms with Crippen LogP contribution < -0.4 is 0 Å². The van der Waals surface area contributed by atoms with Crippen LogP contribution in [-0.4, -0.2) is 35.2 Å². The second-order valence-electron chi connectivity index (χ2n) is 6.89. The lowest BCUT2D eigenvalue weighted by atomic mass is 9.98. The van der Waals surface area contributed by atoms with Crippen molar-refractivity contribution in [1.82, 2.24) is 4.90 Å². The molecule has 1 aliphatic rings. The van der Waals surface area contributed by atoms with Gasteiger partial charge in [0.2, 0.25) is 0 Å². The Balaban J connectivity index is 1.53. The van der Waals surface area contributed by atoms with Crippen molar-refractivity contribution in [1.29, 1.82) is 0 Å². The fourth-order valence-electron chi connectivity index (χ4n) is 3.28. The van der Waals surface area contributed by atoms with Gasteiger partial charge in [0, 0.05) is 11.1 Å². The lowest BCUT2D eigenvalue weighted by molar-refractivity contribution is 0.0226. The summed E-state index contributed by atoms with van der Waals surface area (Å²) < 4.78 is 5.22. The van der Waals surface area contributed by atoms with E-state index in [1.165, 1.54) is 6.07 Å². The molecule has 0 N–H and O–H groups in total. The summed E-state index contributed by atoms with van der Waals surface area (Å²) in [6, 6.07) is 19.7. The lowest BCUT2D eigenvalue weighted by Crippen LogP contribution is -2.33. The second-order valence-corrected chi connectivity index (χ2v) is 6.89. The van der Waals surface area contributed by atoms with Crippen LogP contribution in [0.2, 0.25) is 0 Å². The molecule has 1 aliphatic heterocycles. The van der Waals surface area contributed by atoms with E-state index in [0.29, 0.717) is 5.56 Å². The van der Waals surface area contributed by atoms with Crippen LogP contribution >= 0.6 is 0 Å².